The van der Waals surface area contributed by atoms with Crippen LogP contribution in [0.5, 0.6) is 0 Å². The Morgan fingerprint density at radius 2 is 1.20 bits per heavy atom. The van der Waals surface area contributed by atoms with Crippen molar-refractivity contribution in [1.29, 1.82) is 0 Å². The van der Waals surface area contributed by atoms with Crippen molar-refractivity contribution in [3.63, 3.8) is 0 Å². The van der Waals surface area contributed by atoms with E-state index in [0.717, 1.165) is 70.6 Å². The number of carboxylic acid groups (broad SMARTS) is 1. The van der Waals surface area contributed by atoms with Crippen molar-refractivity contribution in [2.75, 3.05) is 26.4 Å². The highest BCUT2D eigenvalue weighted by atomic mass is 31.2. The smallest absolute Gasteiger partial charge is 0.472 e. The molecule has 0 heterocycles. The van der Waals surface area contributed by atoms with Crippen molar-refractivity contribution in [1.82, 2.24) is 0 Å². The molecular weight excluding hydrogens is 597 g/mol. The van der Waals surface area contributed by atoms with Crippen molar-refractivity contribution in [3.05, 3.63) is 24.3 Å². The first kappa shape index (κ1) is 43.5. The fraction of sp³-hybridized carbons (Fsp3) is 0.824. The van der Waals surface area contributed by atoms with Gasteiger partial charge in [0.05, 0.1) is 19.8 Å². The number of rotatable bonds is 33. The molecule has 4 N–H and O–H groups in total. The maximum atomic E-state index is 12.5. The SMILES string of the molecule is CCC/C=C\CCCCCCCC(=O)OC(COCCCCCCCC/C=C\CCCCC)COP(=O)(O)OCC(N)C(=O)O. The first-order valence-electron chi connectivity index (χ1n) is 17.4. The molecule has 0 bridgehead atoms. The maximum Gasteiger partial charge on any atom is 0.472 e. The number of carbonyl (C=O) groups is 2. The lowest BCUT2D eigenvalue weighted by molar-refractivity contribution is -0.154. The first-order chi connectivity index (χ1) is 21.7. The lowest BCUT2D eigenvalue weighted by Crippen LogP contribution is -2.34. The zero-order chi connectivity index (χ0) is 33.4. The van der Waals surface area contributed by atoms with Crippen LogP contribution in [0.25, 0.3) is 0 Å². The fourth-order valence-corrected chi connectivity index (χ4v) is 5.20. The van der Waals surface area contributed by atoms with Crippen molar-refractivity contribution < 1.29 is 42.7 Å². The van der Waals surface area contributed by atoms with Crippen LogP contribution < -0.4 is 5.73 Å². The van der Waals surface area contributed by atoms with E-state index in [2.05, 4.69) is 42.7 Å². The van der Waals surface area contributed by atoms with Gasteiger partial charge in [0, 0.05) is 13.0 Å². The summed E-state index contributed by atoms with van der Waals surface area (Å²) in [4.78, 5) is 33.2. The largest absolute Gasteiger partial charge is 0.480 e. The van der Waals surface area contributed by atoms with Crippen LogP contribution in [-0.4, -0.2) is 60.5 Å². The van der Waals surface area contributed by atoms with E-state index in [1.807, 2.05) is 0 Å². The summed E-state index contributed by atoms with van der Waals surface area (Å²) in [5, 5.41) is 8.83. The molecule has 264 valence electrons. The molecule has 0 aromatic carbocycles. The number of nitrogens with two attached hydrogens (primary N) is 1. The number of hydrogen-bond donors (Lipinski definition) is 3. The summed E-state index contributed by atoms with van der Waals surface area (Å²) < 4.78 is 33.1. The van der Waals surface area contributed by atoms with E-state index in [-0.39, 0.29) is 13.0 Å². The van der Waals surface area contributed by atoms with Gasteiger partial charge in [-0.3, -0.25) is 18.6 Å². The standard InChI is InChI=1S/C34H64NO9P/c1-3-5-7-9-11-13-15-16-17-19-21-23-25-27-41-28-31(29-42-45(39,40)43-30-32(35)34(37)38)44-33(36)26-24-22-20-18-14-12-10-8-6-4-2/h8,10-11,13,31-32H,3-7,9,12,14-30,35H2,1-2H3,(H,37,38)(H,39,40)/b10-8-,13-11-. The lowest BCUT2D eigenvalue weighted by atomic mass is 10.1. The Kier molecular flexibility index (Phi) is 30.0. The molecule has 10 nitrogen and oxygen atoms in total. The number of allylic oxidation sites excluding steroid dienone is 4. The van der Waals surface area contributed by atoms with Crippen molar-refractivity contribution >= 4 is 19.8 Å². The Hall–Kier alpha value is -1.55. The van der Waals surface area contributed by atoms with Gasteiger partial charge in [0.2, 0.25) is 0 Å². The number of carbonyl (C=O) groups excluding carboxylic acids is 1. The number of esters is 1. The van der Waals surface area contributed by atoms with E-state index in [1.165, 1.54) is 44.9 Å². The molecule has 0 aromatic heterocycles. The zero-order valence-electron chi connectivity index (χ0n) is 28.2. The molecule has 0 aliphatic heterocycles. The van der Waals surface area contributed by atoms with Gasteiger partial charge in [-0.25, -0.2) is 4.57 Å². The first-order valence-corrected chi connectivity index (χ1v) is 18.9. The van der Waals surface area contributed by atoms with Crippen LogP contribution in [0.4, 0.5) is 0 Å². The van der Waals surface area contributed by atoms with E-state index in [9.17, 15) is 19.0 Å². The van der Waals surface area contributed by atoms with Crippen LogP contribution >= 0.6 is 7.82 Å². The minimum absolute atomic E-state index is 0.0104. The van der Waals surface area contributed by atoms with Crippen LogP contribution in [0, 0.1) is 0 Å². The number of ether oxygens (including phenoxy) is 2. The Balaban J connectivity index is 4.36. The second-order valence-corrected chi connectivity index (χ2v) is 13.1. The molecule has 0 amide bonds. The van der Waals surface area contributed by atoms with Crippen LogP contribution in [-0.2, 0) is 32.7 Å². The highest BCUT2D eigenvalue weighted by Gasteiger charge is 2.27. The summed E-state index contributed by atoms with van der Waals surface area (Å²) in [5.74, 6) is -1.79. The molecule has 0 spiro atoms. The van der Waals surface area contributed by atoms with Crippen LogP contribution in [0.15, 0.2) is 24.3 Å². The van der Waals surface area contributed by atoms with Gasteiger partial charge in [0.15, 0.2) is 0 Å². The van der Waals surface area contributed by atoms with E-state index in [1.54, 1.807) is 0 Å². The predicted molar refractivity (Wildman–Crippen MR) is 180 cm³/mol. The molecule has 45 heavy (non-hydrogen) atoms. The van der Waals surface area contributed by atoms with Gasteiger partial charge >= 0.3 is 19.8 Å². The molecule has 0 fully saturated rings. The van der Waals surface area contributed by atoms with E-state index < -0.39 is 45.1 Å². The molecule has 3 atom stereocenters. The minimum Gasteiger partial charge on any atom is -0.480 e. The topological polar surface area (TPSA) is 155 Å². The monoisotopic (exact) mass is 661 g/mol. The van der Waals surface area contributed by atoms with E-state index in [0.29, 0.717) is 13.0 Å². The lowest BCUT2D eigenvalue weighted by Gasteiger charge is -2.20. The van der Waals surface area contributed by atoms with Gasteiger partial charge in [0.1, 0.15) is 12.1 Å². The van der Waals surface area contributed by atoms with Crippen LogP contribution in [0.1, 0.15) is 142 Å². The van der Waals surface area contributed by atoms with Crippen molar-refractivity contribution in [2.24, 2.45) is 5.73 Å². The number of unbranched alkanes of at least 4 members (excludes halogenated alkanes) is 15. The summed E-state index contributed by atoms with van der Waals surface area (Å²) in [7, 11) is -4.60. The number of phosphoric acid groups is 1. The molecule has 0 aliphatic carbocycles. The maximum absolute atomic E-state index is 12.5. The molecule has 11 heteroatoms. The molecular formula is C34H64NO9P. The molecule has 0 saturated carbocycles. The highest BCUT2D eigenvalue weighted by molar-refractivity contribution is 7.47. The van der Waals surface area contributed by atoms with Crippen molar-refractivity contribution in [3.8, 4) is 0 Å². The molecule has 0 aromatic rings. The van der Waals surface area contributed by atoms with Gasteiger partial charge in [-0.2, -0.15) is 0 Å². The summed E-state index contributed by atoms with van der Waals surface area (Å²) in [5.41, 5.74) is 5.32. The third-order valence-electron chi connectivity index (χ3n) is 7.18. The highest BCUT2D eigenvalue weighted by Crippen LogP contribution is 2.43. The number of hydrogen-bond acceptors (Lipinski definition) is 8. The second-order valence-electron chi connectivity index (χ2n) is 11.6. The third-order valence-corrected chi connectivity index (χ3v) is 8.13. The van der Waals surface area contributed by atoms with Gasteiger partial charge in [-0.05, 0) is 57.8 Å². The third kappa shape index (κ3) is 30.8. The quantitative estimate of drug-likeness (QED) is 0.0270. The Morgan fingerprint density at radius 3 is 1.78 bits per heavy atom. The summed E-state index contributed by atoms with van der Waals surface area (Å²) in [6, 6.07) is -1.47. The summed E-state index contributed by atoms with van der Waals surface area (Å²) in [6.07, 6.45) is 29.5. The fourth-order valence-electron chi connectivity index (χ4n) is 4.42. The predicted octanol–water partition coefficient (Wildman–Crippen LogP) is 8.41. The van der Waals surface area contributed by atoms with E-state index in [4.69, 9.17) is 24.8 Å². The Labute approximate surface area is 273 Å². The van der Waals surface area contributed by atoms with Gasteiger partial charge in [-0.1, -0.05) is 102 Å². The number of carboxylic acids is 1. The van der Waals surface area contributed by atoms with Crippen LogP contribution in [0.2, 0.25) is 0 Å². The summed E-state index contributed by atoms with van der Waals surface area (Å²) >= 11 is 0. The average Bonchev–Trinajstić information content (AvgIpc) is 3.01. The zero-order valence-corrected chi connectivity index (χ0v) is 29.1. The molecule has 0 aliphatic rings. The van der Waals surface area contributed by atoms with Gasteiger partial charge in [-0.15, -0.1) is 0 Å². The molecule has 0 saturated heterocycles. The molecule has 0 rings (SSSR count). The van der Waals surface area contributed by atoms with Crippen LogP contribution in [0.3, 0.4) is 0 Å². The number of phosphoric ester groups is 1. The Bertz CT molecular complexity index is 821. The molecule has 0 radical (unpaired) electrons. The summed E-state index contributed by atoms with van der Waals surface area (Å²) in [6.45, 7) is 3.74. The second kappa shape index (κ2) is 31.1. The van der Waals surface area contributed by atoms with E-state index >= 15 is 0 Å². The number of aliphatic carboxylic acids is 1. The average molecular weight is 662 g/mol. The van der Waals surface area contributed by atoms with Gasteiger partial charge in [0.25, 0.3) is 0 Å². The van der Waals surface area contributed by atoms with Crippen molar-refractivity contribution in [2.45, 2.75) is 154 Å². The normalized spacial score (nSPS) is 14.6. The molecule has 3 unspecified atom stereocenters. The Morgan fingerprint density at radius 1 is 0.689 bits per heavy atom. The minimum atomic E-state index is -4.60. The van der Waals surface area contributed by atoms with Gasteiger partial charge < -0.3 is 25.2 Å².